The van der Waals surface area contributed by atoms with Gasteiger partial charge in [-0.3, -0.25) is 10.1 Å². The summed E-state index contributed by atoms with van der Waals surface area (Å²) in [5.41, 5.74) is 1.13. The molecule has 1 aliphatic rings. The maximum Gasteiger partial charge on any atom is 0.337 e. The molecule has 2 atom stereocenters. The molecule has 2 N–H and O–H groups in total. The summed E-state index contributed by atoms with van der Waals surface area (Å²) in [6.07, 6.45) is -0.700. The van der Waals surface area contributed by atoms with Crippen LogP contribution in [0.1, 0.15) is 46.1 Å². The Bertz CT molecular complexity index is 1040. The molecule has 0 saturated heterocycles. The number of hydrogen-bond donors (Lipinski definition) is 2. The van der Waals surface area contributed by atoms with E-state index in [-0.39, 0.29) is 41.8 Å². The monoisotopic (exact) mass is 521 g/mol. The summed E-state index contributed by atoms with van der Waals surface area (Å²) in [6.45, 7) is 9.63. The predicted octanol–water partition coefficient (Wildman–Crippen LogP) is 3.33. The van der Waals surface area contributed by atoms with E-state index in [2.05, 4.69) is 5.32 Å². The number of ether oxygens (including phenoxy) is 2. The molecule has 10 nitrogen and oxygen atoms in total. The Labute approximate surface area is 215 Å². The van der Waals surface area contributed by atoms with Crippen molar-refractivity contribution in [3.05, 3.63) is 61.8 Å². The SMILES string of the molecule is CCOC(=O)C1=C(C)N(C)C(SCC(O)CNC(C)C)=C(C(=O)OCC)C1c1cccc([N+](=O)[O-])c1. The summed E-state index contributed by atoms with van der Waals surface area (Å²) in [4.78, 5) is 39.2. The van der Waals surface area contributed by atoms with E-state index in [1.165, 1.54) is 30.0 Å². The van der Waals surface area contributed by atoms with Crippen LogP contribution in [-0.2, 0) is 19.1 Å². The molecule has 1 aromatic carbocycles. The number of non-ortho nitro benzene ring substituents is 1. The summed E-state index contributed by atoms with van der Waals surface area (Å²) >= 11 is 1.26. The summed E-state index contributed by atoms with van der Waals surface area (Å²) < 4.78 is 10.7. The molecule has 0 saturated carbocycles. The molecule has 1 aliphatic heterocycles. The van der Waals surface area contributed by atoms with Gasteiger partial charge in [-0.25, -0.2) is 9.59 Å². The number of hydrogen-bond acceptors (Lipinski definition) is 10. The second-order valence-electron chi connectivity index (χ2n) is 8.53. The number of nitrogens with one attached hydrogen (secondary N) is 1. The van der Waals surface area contributed by atoms with Crippen molar-refractivity contribution in [1.29, 1.82) is 0 Å². The van der Waals surface area contributed by atoms with E-state index in [1.807, 2.05) is 13.8 Å². The number of nitro benzene ring substituents is 1. The van der Waals surface area contributed by atoms with Gasteiger partial charge in [-0.2, -0.15) is 0 Å². The number of carbonyl (C=O) groups is 2. The second kappa shape index (κ2) is 13.4. The largest absolute Gasteiger partial charge is 0.463 e. The molecule has 198 valence electrons. The molecule has 0 aliphatic carbocycles. The molecule has 0 aromatic heterocycles. The lowest BCUT2D eigenvalue weighted by Gasteiger charge is -2.36. The van der Waals surface area contributed by atoms with Crippen LogP contribution >= 0.6 is 11.8 Å². The number of esters is 2. The minimum Gasteiger partial charge on any atom is -0.463 e. The topological polar surface area (TPSA) is 131 Å². The van der Waals surface area contributed by atoms with Crippen molar-refractivity contribution >= 4 is 29.4 Å². The maximum atomic E-state index is 13.3. The molecule has 0 amide bonds. The number of aliphatic hydroxyl groups is 1. The summed E-state index contributed by atoms with van der Waals surface area (Å²) in [7, 11) is 1.72. The smallest absolute Gasteiger partial charge is 0.337 e. The van der Waals surface area contributed by atoms with E-state index >= 15 is 0 Å². The van der Waals surface area contributed by atoms with Crippen LogP contribution < -0.4 is 5.32 Å². The van der Waals surface area contributed by atoms with Crippen LogP contribution in [0.2, 0.25) is 0 Å². The summed E-state index contributed by atoms with van der Waals surface area (Å²) in [5, 5.41) is 25.7. The average Bonchev–Trinajstić information content (AvgIpc) is 2.83. The minimum atomic E-state index is -0.951. The normalized spacial score (nSPS) is 16.9. The molecule has 0 bridgehead atoms. The molecule has 2 rings (SSSR count). The Balaban J connectivity index is 2.69. The van der Waals surface area contributed by atoms with Gasteiger partial charge in [0.25, 0.3) is 5.69 Å². The quantitative estimate of drug-likeness (QED) is 0.240. The van der Waals surface area contributed by atoms with Gasteiger partial charge in [0.05, 0.1) is 46.3 Å². The number of nitro groups is 1. The van der Waals surface area contributed by atoms with Crippen LogP contribution in [0.4, 0.5) is 5.69 Å². The third kappa shape index (κ3) is 7.08. The van der Waals surface area contributed by atoms with Crippen molar-refractivity contribution in [3.8, 4) is 0 Å². The zero-order valence-corrected chi connectivity index (χ0v) is 22.4. The maximum absolute atomic E-state index is 13.3. The molecule has 0 spiro atoms. The van der Waals surface area contributed by atoms with Gasteiger partial charge in [0.2, 0.25) is 0 Å². The first kappa shape index (κ1) is 29.3. The first-order valence-corrected chi connectivity index (χ1v) is 12.8. The van der Waals surface area contributed by atoms with Crippen LogP contribution in [0.25, 0.3) is 0 Å². The number of rotatable bonds is 12. The minimum absolute atomic E-state index is 0.101. The van der Waals surface area contributed by atoms with Crippen LogP contribution in [0.3, 0.4) is 0 Å². The lowest BCUT2D eigenvalue weighted by atomic mass is 9.81. The van der Waals surface area contributed by atoms with E-state index in [4.69, 9.17) is 9.47 Å². The highest BCUT2D eigenvalue weighted by atomic mass is 32.2. The van der Waals surface area contributed by atoms with Crippen molar-refractivity contribution in [2.75, 3.05) is 32.6 Å². The van der Waals surface area contributed by atoms with Gasteiger partial charge in [-0.1, -0.05) is 26.0 Å². The third-order valence-electron chi connectivity index (χ3n) is 5.58. The fourth-order valence-electron chi connectivity index (χ4n) is 3.81. The Kier molecular flexibility index (Phi) is 10.9. The van der Waals surface area contributed by atoms with Crippen molar-refractivity contribution in [2.45, 2.75) is 52.7 Å². The highest BCUT2D eigenvalue weighted by molar-refractivity contribution is 8.03. The van der Waals surface area contributed by atoms with E-state index in [0.29, 0.717) is 22.8 Å². The number of carbonyl (C=O) groups excluding carboxylic acids is 2. The Morgan fingerprint density at radius 2 is 1.81 bits per heavy atom. The Morgan fingerprint density at radius 1 is 1.19 bits per heavy atom. The molecule has 1 heterocycles. The summed E-state index contributed by atoms with van der Waals surface area (Å²) in [6, 6.07) is 6.05. The van der Waals surface area contributed by atoms with Gasteiger partial charge in [0.1, 0.15) is 0 Å². The van der Waals surface area contributed by atoms with Gasteiger partial charge < -0.3 is 24.8 Å². The van der Waals surface area contributed by atoms with E-state index in [0.717, 1.165) is 0 Å². The molecular formula is C25H35N3O7S. The number of allylic oxidation sites excluding steroid dienone is 1. The lowest BCUT2D eigenvalue weighted by Crippen LogP contribution is -2.35. The second-order valence-corrected chi connectivity index (χ2v) is 9.54. The average molecular weight is 522 g/mol. The van der Waals surface area contributed by atoms with Crippen LogP contribution in [0, 0.1) is 10.1 Å². The fourth-order valence-corrected chi connectivity index (χ4v) is 4.97. The van der Waals surface area contributed by atoms with Crippen molar-refractivity contribution in [2.24, 2.45) is 0 Å². The molecular weight excluding hydrogens is 486 g/mol. The van der Waals surface area contributed by atoms with Crippen molar-refractivity contribution in [3.63, 3.8) is 0 Å². The molecule has 2 unspecified atom stereocenters. The molecule has 0 radical (unpaired) electrons. The molecule has 0 fully saturated rings. The lowest BCUT2D eigenvalue weighted by molar-refractivity contribution is -0.384. The van der Waals surface area contributed by atoms with Gasteiger partial charge >= 0.3 is 11.9 Å². The van der Waals surface area contributed by atoms with Crippen LogP contribution in [0.15, 0.2) is 46.1 Å². The standard InChI is InChI=1S/C25H35N3O7S/c1-7-34-24(30)20-16(5)27(6)23(36-14-19(29)13-26-15(3)4)22(25(31)35-8-2)21(20)17-10-9-11-18(12-17)28(32)33/h9-12,15,19,21,26,29H,7-8,13-14H2,1-6H3. The third-order valence-corrected chi connectivity index (χ3v) is 6.90. The van der Waals surface area contributed by atoms with Crippen LogP contribution in [0.5, 0.6) is 0 Å². The fraction of sp³-hybridized carbons (Fsp3) is 0.520. The van der Waals surface area contributed by atoms with Gasteiger partial charge in [0.15, 0.2) is 0 Å². The zero-order chi connectivity index (χ0) is 27.0. The van der Waals surface area contributed by atoms with Crippen molar-refractivity contribution < 1.29 is 29.1 Å². The first-order valence-electron chi connectivity index (χ1n) is 11.8. The van der Waals surface area contributed by atoms with E-state index < -0.39 is 28.9 Å². The van der Waals surface area contributed by atoms with Crippen molar-refractivity contribution in [1.82, 2.24) is 10.2 Å². The Morgan fingerprint density at radius 3 is 2.36 bits per heavy atom. The van der Waals surface area contributed by atoms with Crippen LogP contribution in [-0.4, -0.2) is 71.6 Å². The summed E-state index contributed by atoms with van der Waals surface area (Å²) in [5.74, 6) is -1.95. The number of nitrogens with zero attached hydrogens (tertiary/aromatic N) is 2. The number of thioether (sulfide) groups is 1. The molecule has 36 heavy (non-hydrogen) atoms. The first-order chi connectivity index (χ1) is 17.0. The Hall–Kier alpha value is -2.89. The zero-order valence-electron chi connectivity index (χ0n) is 21.6. The van der Waals surface area contributed by atoms with E-state index in [1.54, 1.807) is 38.8 Å². The van der Waals surface area contributed by atoms with Gasteiger partial charge in [-0.05, 0) is 26.3 Å². The predicted molar refractivity (Wildman–Crippen MR) is 138 cm³/mol. The van der Waals surface area contributed by atoms with Gasteiger partial charge in [-0.15, -0.1) is 11.8 Å². The number of benzene rings is 1. The molecule has 11 heteroatoms. The highest BCUT2D eigenvalue weighted by Crippen LogP contribution is 2.46. The van der Waals surface area contributed by atoms with E-state index in [9.17, 15) is 24.8 Å². The number of aliphatic hydroxyl groups excluding tert-OH is 1. The molecule has 1 aromatic rings. The highest BCUT2D eigenvalue weighted by Gasteiger charge is 2.41. The van der Waals surface area contributed by atoms with Gasteiger partial charge in [0, 0.05) is 43.2 Å².